The number of aromatic nitrogens is 4. The van der Waals surface area contributed by atoms with Crippen LogP contribution < -0.4 is 10.6 Å². The van der Waals surface area contributed by atoms with Gasteiger partial charge in [0.15, 0.2) is 17.3 Å². The Balaban J connectivity index is 1.47. The maximum Gasteiger partial charge on any atom is 0.224 e. The Hall–Kier alpha value is -2.92. The summed E-state index contributed by atoms with van der Waals surface area (Å²) >= 11 is 0. The zero-order valence-electron chi connectivity index (χ0n) is 22.8. The molecule has 0 amide bonds. The zero-order valence-corrected chi connectivity index (χ0v) is 22.8. The van der Waals surface area contributed by atoms with E-state index in [4.69, 9.17) is 4.98 Å². The molecule has 3 aromatic rings. The van der Waals surface area contributed by atoms with Crippen LogP contribution in [0.4, 0.5) is 30.8 Å². The second kappa shape index (κ2) is 10.2. The number of nitrogens with zero attached hydrogens (tertiary/aromatic N) is 4. The van der Waals surface area contributed by atoms with E-state index in [2.05, 4.69) is 20.6 Å². The predicted octanol–water partition coefficient (Wildman–Crippen LogP) is 5.84. The van der Waals surface area contributed by atoms with Crippen LogP contribution in [-0.4, -0.2) is 47.0 Å². The summed E-state index contributed by atoms with van der Waals surface area (Å²) in [5.41, 5.74) is -1.13. The molecule has 1 unspecified atom stereocenters. The third-order valence-corrected chi connectivity index (χ3v) is 8.51. The first kappa shape index (κ1) is 27.6. The summed E-state index contributed by atoms with van der Waals surface area (Å²) in [5.74, 6) is -2.27. The van der Waals surface area contributed by atoms with Crippen LogP contribution in [0, 0.1) is 29.3 Å². The van der Waals surface area contributed by atoms with Gasteiger partial charge in [0.1, 0.15) is 17.0 Å². The zero-order chi connectivity index (χ0) is 28.1. The van der Waals surface area contributed by atoms with E-state index in [9.17, 15) is 23.4 Å². The molecular weight excluding hydrogens is 509 g/mol. The Morgan fingerprint density at radius 2 is 1.49 bits per heavy atom. The van der Waals surface area contributed by atoms with Crippen LogP contribution in [-0.2, 0) is 0 Å². The number of hydrogen-bond donors (Lipinski definition) is 4. The number of benzene rings is 1. The number of halogens is 3. The molecule has 11 heteroatoms. The Morgan fingerprint density at radius 1 is 0.872 bits per heavy atom. The molecule has 39 heavy (non-hydrogen) atoms. The Morgan fingerprint density at radius 3 is 2.08 bits per heavy atom. The normalized spacial score (nSPS) is 24.3. The van der Waals surface area contributed by atoms with Crippen molar-refractivity contribution in [2.24, 2.45) is 11.8 Å². The largest absolute Gasteiger partial charge is 0.390 e. The number of rotatable bonds is 7. The minimum absolute atomic E-state index is 0.0255. The summed E-state index contributed by atoms with van der Waals surface area (Å²) in [4.78, 5) is 13.8. The van der Waals surface area contributed by atoms with Crippen LogP contribution >= 0.6 is 0 Å². The van der Waals surface area contributed by atoms with E-state index < -0.39 is 34.3 Å². The van der Waals surface area contributed by atoms with Gasteiger partial charge in [-0.05, 0) is 84.5 Å². The van der Waals surface area contributed by atoms with Crippen LogP contribution in [0.1, 0.15) is 78.7 Å². The van der Waals surface area contributed by atoms with Crippen LogP contribution in [0.15, 0.2) is 18.3 Å². The van der Waals surface area contributed by atoms with Gasteiger partial charge < -0.3 is 20.8 Å². The summed E-state index contributed by atoms with van der Waals surface area (Å²) in [5, 5.41) is 27.1. The van der Waals surface area contributed by atoms with E-state index >= 15 is 0 Å². The molecule has 2 aliphatic carbocycles. The van der Waals surface area contributed by atoms with E-state index in [1.165, 1.54) is 0 Å². The minimum Gasteiger partial charge on any atom is -0.390 e. The molecule has 0 bridgehead atoms. The van der Waals surface area contributed by atoms with Gasteiger partial charge in [-0.3, -0.25) is 4.57 Å². The fourth-order valence-electron chi connectivity index (χ4n) is 6.13. The van der Waals surface area contributed by atoms with E-state index in [1.807, 2.05) is 18.4 Å². The van der Waals surface area contributed by atoms with Crippen molar-refractivity contribution in [3.63, 3.8) is 0 Å². The van der Waals surface area contributed by atoms with Gasteiger partial charge in [-0.15, -0.1) is 0 Å². The summed E-state index contributed by atoms with van der Waals surface area (Å²) in [6, 6.07) is 1.26. The topological polar surface area (TPSA) is 108 Å². The van der Waals surface area contributed by atoms with Crippen LogP contribution in [0.3, 0.4) is 0 Å². The maximum atomic E-state index is 14.5. The van der Waals surface area contributed by atoms with Crippen molar-refractivity contribution in [3.8, 4) is 0 Å². The van der Waals surface area contributed by atoms with Gasteiger partial charge in [0, 0.05) is 24.2 Å². The lowest BCUT2D eigenvalue weighted by Gasteiger charge is -2.36. The molecule has 2 atom stereocenters. The predicted molar refractivity (Wildman–Crippen MR) is 143 cm³/mol. The summed E-state index contributed by atoms with van der Waals surface area (Å²) < 4.78 is 44.4. The quantitative estimate of drug-likeness (QED) is 0.295. The number of nitrogens with one attached hydrogen (secondary N) is 2. The van der Waals surface area contributed by atoms with Crippen molar-refractivity contribution >= 4 is 28.7 Å². The second-order valence-electron chi connectivity index (χ2n) is 12.2. The lowest BCUT2D eigenvalue weighted by Crippen LogP contribution is -2.37. The highest BCUT2D eigenvalue weighted by atomic mass is 19.1. The van der Waals surface area contributed by atoms with Crippen LogP contribution in [0.25, 0.3) is 11.2 Å². The van der Waals surface area contributed by atoms with Gasteiger partial charge >= 0.3 is 0 Å². The van der Waals surface area contributed by atoms with E-state index in [0.717, 1.165) is 38.5 Å². The van der Waals surface area contributed by atoms with E-state index in [0.29, 0.717) is 35.7 Å². The monoisotopic (exact) mass is 546 g/mol. The smallest absolute Gasteiger partial charge is 0.224 e. The summed E-state index contributed by atoms with van der Waals surface area (Å²) in [6.45, 7) is 7.27. The molecule has 0 spiro atoms. The number of aliphatic hydroxyl groups is 2. The lowest BCUT2D eigenvalue weighted by atomic mass is 9.77. The Kier molecular flexibility index (Phi) is 7.26. The van der Waals surface area contributed by atoms with Gasteiger partial charge in [0.2, 0.25) is 11.9 Å². The van der Waals surface area contributed by atoms with Crippen LogP contribution in [0.2, 0.25) is 0 Å². The molecule has 2 saturated carbocycles. The Labute approximate surface area is 226 Å². The van der Waals surface area contributed by atoms with Crippen molar-refractivity contribution < 1.29 is 23.4 Å². The highest BCUT2D eigenvalue weighted by Crippen LogP contribution is 2.43. The molecule has 5 rings (SSSR count). The van der Waals surface area contributed by atoms with E-state index in [-0.39, 0.29) is 29.9 Å². The fraction of sp³-hybridized carbons (Fsp3) is 0.607. The number of anilines is 3. The second-order valence-corrected chi connectivity index (χ2v) is 12.2. The molecule has 2 aromatic heterocycles. The van der Waals surface area contributed by atoms with E-state index in [1.54, 1.807) is 20.0 Å². The van der Waals surface area contributed by atoms with Crippen molar-refractivity contribution in [1.82, 2.24) is 19.5 Å². The average molecular weight is 547 g/mol. The van der Waals surface area contributed by atoms with Crippen molar-refractivity contribution in [2.75, 3.05) is 10.6 Å². The third-order valence-electron chi connectivity index (χ3n) is 8.51. The first-order valence-corrected chi connectivity index (χ1v) is 13.7. The molecule has 2 heterocycles. The molecular formula is C28H37F3N6O2. The lowest BCUT2D eigenvalue weighted by molar-refractivity contribution is -0.000426. The van der Waals surface area contributed by atoms with Gasteiger partial charge in [-0.2, -0.15) is 4.98 Å². The molecule has 212 valence electrons. The molecule has 1 aromatic carbocycles. The minimum atomic E-state index is -1.07. The summed E-state index contributed by atoms with van der Waals surface area (Å²) in [7, 11) is 0. The van der Waals surface area contributed by atoms with Crippen molar-refractivity contribution in [2.45, 2.75) is 95.9 Å². The van der Waals surface area contributed by atoms with Crippen molar-refractivity contribution in [1.29, 1.82) is 0 Å². The molecule has 0 radical (unpaired) electrons. The molecule has 8 nitrogen and oxygen atoms in total. The molecule has 2 aliphatic rings. The molecule has 2 fully saturated rings. The first-order chi connectivity index (χ1) is 18.3. The number of hydrogen-bond acceptors (Lipinski definition) is 7. The summed E-state index contributed by atoms with van der Waals surface area (Å²) in [6.07, 6.45) is 7.24. The van der Waals surface area contributed by atoms with Gasteiger partial charge in [-0.25, -0.2) is 23.1 Å². The number of imidazole rings is 1. The molecule has 0 aliphatic heterocycles. The third kappa shape index (κ3) is 5.84. The first-order valence-electron chi connectivity index (χ1n) is 13.7. The highest BCUT2D eigenvalue weighted by molar-refractivity contribution is 5.76. The molecule has 0 saturated heterocycles. The highest BCUT2D eigenvalue weighted by Gasteiger charge is 2.37. The SMILES string of the molecule is CC(C)(O)C1CCC(Nc2ncc3nc(Nc4c(F)cc(F)cc4F)n([C@H]4CCC(C(C)(C)O)C4)c3n2)CC1. The van der Waals surface area contributed by atoms with Gasteiger partial charge in [0.05, 0.1) is 17.4 Å². The number of fused-ring (bicyclic) bond motifs is 1. The van der Waals surface area contributed by atoms with Gasteiger partial charge in [-0.1, -0.05) is 0 Å². The maximum absolute atomic E-state index is 14.5. The fourth-order valence-corrected chi connectivity index (χ4v) is 6.13. The average Bonchev–Trinajstić information content (AvgIpc) is 3.45. The Bertz CT molecular complexity index is 1320. The van der Waals surface area contributed by atoms with Crippen LogP contribution in [0.5, 0.6) is 0 Å². The standard InChI is InChI=1S/C28H37F3N6O2/c1-27(2,38)15-5-8-18(9-6-15)33-25-32-14-22-24(36-25)37(19-10-7-16(11-19)28(3,4)39)26(34-22)35-23-20(30)12-17(29)13-21(23)31/h12-16,18-19,38-39H,5-11H2,1-4H3,(H,34,35)(H,32,33,36)/t15?,16?,18?,19-/m0/s1. The van der Waals surface area contributed by atoms with Crippen molar-refractivity contribution in [3.05, 3.63) is 35.8 Å². The molecule has 4 N–H and O–H groups in total. The van der Waals surface area contributed by atoms with Gasteiger partial charge in [0.25, 0.3) is 0 Å².